The zero-order valence-electron chi connectivity index (χ0n) is 17.1. The number of ether oxygens (including phenoxy) is 1. The van der Waals surface area contributed by atoms with Gasteiger partial charge in [0.2, 0.25) is 11.9 Å². The summed E-state index contributed by atoms with van der Waals surface area (Å²) >= 11 is 0. The first-order chi connectivity index (χ1) is 12.9. The third kappa shape index (κ3) is 4.87. The lowest BCUT2D eigenvalue weighted by molar-refractivity contribution is -0.135. The zero-order chi connectivity index (χ0) is 20.0. The van der Waals surface area contributed by atoms with Gasteiger partial charge in [-0.05, 0) is 33.6 Å². The lowest BCUT2D eigenvalue weighted by Crippen LogP contribution is -2.43. The van der Waals surface area contributed by atoms with Gasteiger partial charge in [-0.2, -0.15) is 4.98 Å². The lowest BCUT2D eigenvalue weighted by Gasteiger charge is -2.34. The van der Waals surface area contributed by atoms with Gasteiger partial charge >= 0.3 is 5.97 Å². The summed E-state index contributed by atoms with van der Waals surface area (Å²) in [5.74, 6) is 1.01. The third-order valence-electron chi connectivity index (χ3n) is 4.88. The van der Waals surface area contributed by atoms with Gasteiger partial charge in [0.25, 0.3) is 0 Å². The molecule has 0 atom stereocenters. The molecule has 1 fully saturated rings. The number of carbonyl (C=O) groups excluding carboxylic acids is 2. The molecule has 0 aliphatic carbocycles. The van der Waals surface area contributed by atoms with Crippen LogP contribution in [0.2, 0.25) is 0 Å². The second-order valence-electron chi connectivity index (χ2n) is 6.79. The van der Waals surface area contributed by atoms with Gasteiger partial charge in [-0.3, -0.25) is 4.79 Å². The Morgan fingerprint density at radius 1 is 1.19 bits per heavy atom. The van der Waals surface area contributed by atoms with Crippen molar-refractivity contribution >= 4 is 23.6 Å². The molecule has 2 heterocycles. The largest absolute Gasteiger partial charge is 0.462 e. The van der Waals surface area contributed by atoms with Crippen LogP contribution in [-0.4, -0.2) is 73.6 Å². The number of piperidine rings is 1. The minimum absolute atomic E-state index is 0.0632. The summed E-state index contributed by atoms with van der Waals surface area (Å²) in [6.07, 6.45) is 3.11. The SMILES string of the molecule is CCOC(=O)c1cnc(N2CCC(C(=O)N(CC)CC)CC2)nc1N(C)C. The molecule has 0 saturated carbocycles. The van der Waals surface area contributed by atoms with Crippen LogP contribution in [0.15, 0.2) is 6.20 Å². The maximum Gasteiger partial charge on any atom is 0.343 e. The molecule has 2 rings (SSSR count). The van der Waals surface area contributed by atoms with Gasteiger partial charge < -0.3 is 19.4 Å². The number of nitrogens with zero attached hydrogens (tertiary/aromatic N) is 5. The molecule has 0 radical (unpaired) electrons. The van der Waals surface area contributed by atoms with Crippen molar-refractivity contribution in [3.8, 4) is 0 Å². The van der Waals surface area contributed by atoms with Crippen LogP contribution in [0.1, 0.15) is 44.0 Å². The Kier molecular flexibility index (Phi) is 7.38. The van der Waals surface area contributed by atoms with E-state index in [9.17, 15) is 9.59 Å². The Bertz CT molecular complexity index is 653. The number of carbonyl (C=O) groups is 2. The van der Waals surface area contributed by atoms with Crippen LogP contribution < -0.4 is 9.80 Å². The molecule has 27 heavy (non-hydrogen) atoms. The summed E-state index contributed by atoms with van der Waals surface area (Å²) in [6, 6.07) is 0. The van der Waals surface area contributed by atoms with E-state index in [0.29, 0.717) is 23.9 Å². The fourth-order valence-corrected chi connectivity index (χ4v) is 3.33. The molecule has 1 saturated heterocycles. The molecule has 0 spiro atoms. The fourth-order valence-electron chi connectivity index (χ4n) is 3.33. The lowest BCUT2D eigenvalue weighted by atomic mass is 9.95. The minimum Gasteiger partial charge on any atom is -0.462 e. The first-order valence-corrected chi connectivity index (χ1v) is 9.68. The van der Waals surface area contributed by atoms with E-state index in [2.05, 4.69) is 14.9 Å². The highest BCUT2D eigenvalue weighted by Crippen LogP contribution is 2.25. The second-order valence-corrected chi connectivity index (χ2v) is 6.79. The van der Waals surface area contributed by atoms with Gasteiger partial charge in [-0.25, -0.2) is 9.78 Å². The smallest absolute Gasteiger partial charge is 0.343 e. The molecule has 0 unspecified atom stereocenters. The van der Waals surface area contributed by atoms with Crippen molar-refractivity contribution in [1.82, 2.24) is 14.9 Å². The number of anilines is 2. The van der Waals surface area contributed by atoms with Gasteiger partial charge in [-0.15, -0.1) is 0 Å². The first kappa shape index (κ1) is 20.9. The van der Waals surface area contributed by atoms with E-state index in [1.165, 1.54) is 6.20 Å². The summed E-state index contributed by atoms with van der Waals surface area (Å²) in [5.41, 5.74) is 0.359. The molecule has 1 aromatic rings. The maximum atomic E-state index is 12.5. The van der Waals surface area contributed by atoms with Gasteiger partial charge in [0.05, 0.1) is 6.61 Å². The monoisotopic (exact) mass is 377 g/mol. The highest BCUT2D eigenvalue weighted by atomic mass is 16.5. The van der Waals surface area contributed by atoms with E-state index >= 15 is 0 Å². The highest BCUT2D eigenvalue weighted by Gasteiger charge is 2.29. The average Bonchev–Trinajstić information content (AvgIpc) is 2.68. The Morgan fingerprint density at radius 2 is 1.81 bits per heavy atom. The molecule has 0 bridgehead atoms. The van der Waals surface area contributed by atoms with Crippen LogP contribution in [0.4, 0.5) is 11.8 Å². The molecular weight excluding hydrogens is 346 g/mol. The first-order valence-electron chi connectivity index (χ1n) is 9.68. The summed E-state index contributed by atoms with van der Waals surface area (Å²) < 4.78 is 5.09. The normalized spacial score (nSPS) is 14.8. The molecule has 0 N–H and O–H groups in total. The number of hydrogen-bond donors (Lipinski definition) is 0. The summed E-state index contributed by atoms with van der Waals surface area (Å²) in [4.78, 5) is 39.4. The molecule has 1 aliphatic heterocycles. The average molecular weight is 377 g/mol. The Morgan fingerprint density at radius 3 is 2.33 bits per heavy atom. The van der Waals surface area contributed by atoms with Gasteiger partial charge in [-0.1, -0.05) is 0 Å². The Balaban J connectivity index is 2.11. The number of esters is 1. The Labute approximate surface area is 161 Å². The summed E-state index contributed by atoms with van der Waals surface area (Å²) in [7, 11) is 3.67. The van der Waals surface area contributed by atoms with Gasteiger partial charge in [0.1, 0.15) is 11.4 Å². The van der Waals surface area contributed by atoms with Crippen molar-refractivity contribution in [1.29, 1.82) is 0 Å². The summed E-state index contributed by atoms with van der Waals surface area (Å²) in [5, 5.41) is 0. The molecule has 150 valence electrons. The number of amides is 1. The van der Waals surface area contributed by atoms with Crippen LogP contribution in [0.5, 0.6) is 0 Å². The topological polar surface area (TPSA) is 78.9 Å². The fraction of sp³-hybridized carbons (Fsp3) is 0.684. The van der Waals surface area contributed by atoms with Crippen molar-refractivity contribution in [2.75, 3.05) is 56.7 Å². The van der Waals surface area contributed by atoms with Crippen LogP contribution in [0, 0.1) is 5.92 Å². The predicted octanol–water partition coefficient (Wildman–Crippen LogP) is 1.80. The van der Waals surface area contributed by atoms with Crippen LogP contribution in [0.3, 0.4) is 0 Å². The number of aromatic nitrogens is 2. The van der Waals surface area contributed by atoms with Crippen molar-refractivity contribution < 1.29 is 14.3 Å². The minimum atomic E-state index is -0.420. The van der Waals surface area contributed by atoms with Gasteiger partial charge in [0.15, 0.2) is 0 Å². The van der Waals surface area contributed by atoms with Crippen LogP contribution in [0.25, 0.3) is 0 Å². The van der Waals surface area contributed by atoms with E-state index < -0.39 is 5.97 Å². The third-order valence-corrected chi connectivity index (χ3v) is 4.88. The molecule has 8 nitrogen and oxygen atoms in total. The molecular formula is C19H31N5O3. The quantitative estimate of drug-likeness (QED) is 0.671. The standard InChI is InChI=1S/C19H31N5O3/c1-6-23(7-2)17(25)14-9-11-24(12-10-14)19-20-13-15(18(26)27-8-3)16(21-19)22(4)5/h13-14H,6-12H2,1-5H3. The van der Waals surface area contributed by atoms with E-state index in [0.717, 1.165) is 39.0 Å². The number of hydrogen-bond acceptors (Lipinski definition) is 7. The van der Waals surface area contributed by atoms with Crippen molar-refractivity contribution in [2.24, 2.45) is 5.92 Å². The van der Waals surface area contributed by atoms with Gasteiger partial charge in [0, 0.05) is 52.4 Å². The molecule has 1 amide bonds. The van der Waals surface area contributed by atoms with E-state index in [1.807, 2.05) is 32.8 Å². The molecule has 1 aliphatic rings. The summed E-state index contributed by atoms with van der Waals surface area (Å²) in [6.45, 7) is 9.05. The maximum absolute atomic E-state index is 12.5. The van der Waals surface area contributed by atoms with Crippen molar-refractivity contribution in [2.45, 2.75) is 33.6 Å². The van der Waals surface area contributed by atoms with Crippen molar-refractivity contribution in [3.05, 3.63) is 11.8 Å². The van der Waals surface area contributed by atoms with Crippen LogP contribution >= 0.6 is 0 Å². The highest BCUT2D eigenvalue weighted by molar-refractivity contribution is 5.94. The van der Waals surface area contributed by atoms with Crippen LogP contribution in [-0.2, 0) is 9.53 Å². The number of rotatable bonds is 7. The molecule has 1 aromatic heterocycles. The zero-order valence-corrected chi connectivity index (χ0v) is 17.1. The van der Waals surface area contributed by atoms with E-state index in [1.54, 1.807) is 11.8 Å². The second kappa shape index (κ2) is 9.53. The predicted molar refractivity (Wildman–Crippen MR) is 105 cm³/mol. The Hall–Kier alpha value is -2.38. The molecule has 8 heteroatoms. The van der Waals surface area contributed by atoms with Crippen molar-refractivity contribution in [3.63, 3.8) is 0 Å². The van der Waals surface area contributed by atoms with E-state index in [4.69, 9.17) is 4.74 Å². The molecule has 0 aromatic carbocycles. The van der Waals surface area contributed by atoms with E-state index in [-0.39, 0.29) is 11.8 Å².